The average molecular weight is 351 g/mol. The normalized spacial score (nSPS) is 17.9. The van der Waals surface area contributed by atoms with Crippen molar-refractivity contribution in [2.45, 2.75) is 25.8 Å². The summed E-state index contributed by atoms with van der Waals surface area (Å²) in [5.74, 6) is 0.242. The van der Waals surface area contributed by atoms with Gasteiger partial charge in [0.15, 0.2) is 0 Å². The van der Waals surface area contributed by atoms with Crippen molar-refractivity contribution in [1.29, 1.82) is 0 Å². The molecule has 0 aliphatic carbocycles. The lowest BCUT2D eigenvalue weighted by molar-refractivity contribution is 0.102. The summed E-state index contributed by atoms with van der Waals surface area (Å²) in [6.45, 7) is 2.88. The highest BCUT2D eigenvalue weighted by molar-refractivity contribution is 9.10. The van der Waals surface area contributed by atoms with Crippen LogP contribution < -0.4 is 10.6 Å². The number of benzene rings is 1. The van der Waals surface area contributed by atoms with Gasteiger partial charge in [0.25, 0.3) is 5.91 Å². The monoisotopic (exact) mass is 350 g/mol. The molecule has 1 amide bonds. The van der Waals surface area contributed by atoms with E-state index in [1.54, 1.807) is 6.07 Å². The van der Waals surface area contributed by atoms with Crippen LogP contribution in [0.4, 0.5) is 6.01 Å². The van der Waals surface area contributed by atoms with Crippen molar-refractivity contribution in [2.75, 3.05) is 11.9 Å². The molecular weight excluding hydrogens is 336 g/mol. The Kier molecular flexibility index (Phi) is 4.03. The second-order valence-corrected chi connectivity index (χ2v) is 5.78. The fourth-order valence-corrected chi connectivity index (χ4v) is 2.75. The number of halogens is 1. The number of aromatic nitrogens is 2. The zero-order valence-electron chi connectivity index (χ0n) is 11.5. The molecule has 1 aromatic carbocycles. The molecule has 0 spiro atoms. The van der Waals surface area contributed by atoms with E-state index in [-0.39, 0.29) is 18.0 Å². The molecule has 1 aliphatic rings. The molecule has 21 heavy (non-hydrogen) atoms. The summed E-state index contributed by atoms with van der Waals surface area (Å²) in [6, 6.07) is 5.71. The number of rotatable bonds is 3. The number of anilines is 1. The molecule has 2 heterocycles. The smallest absolute Gasteiger partial charge is 0.322 e. The highest BCUT2D eigenvalue weighted by Gasteiger charge is 2.23. The van der Waals surface area contributed by atoms with Crippen LogP contribution in [-0.4, -0.2) is 22.6 Å². The minimum Gasteiger partial charge on any atom is -0.406 e. The van der Waals surface area contributed by atoms with Crippen molar-refractivity contribution >= 4 is 27.9 Å². The molecule has 2 aromatic rings. The van der Waals surface area contributed by atoms with Crippen LogP contribution in [0, 0.1) is 6.92 Å². The molecule has 1 saturated heterocycles. The Hall–Kier alpha value is -1.73. The van der Waals surface area contributed by atoms with E-state index < -0.39 is 0 Å². The minimum atomic E-state index is -0.278. The van der Waals surface area contributed by atoms with Crippen LogP contribution in [0.1, 0.15) is 40.7 Å². The Balaban J connectivity index is 1.74. The number of amides is 1. The zero-order chi connectivity index (χ0) is 14.8. The molecule has 1 fully saturated rings. The van der Waals surface area contributed by atoms with Crippen LogP contribution in [0.5, 0.6) is 0 Å². The van der Waals surface area contributed by atoms with Gasteiger partial charge in [0.1, 0.15) is 0 Å². The number of aryl methyl sites for hydroxylation is 1. The molecule has 0 saturated carbocycles. The van der Waals surface area contributed by atoms with Gasteiger partial charge in [-0.15, -0.1) is 5.10 Å². The fraction of sp³-hybridized carbons (Fsp3) is 0.357. The number of hydrogen-bond acceptors (Lipinski definition) is 5. The Morgan fingerprint density at radius 2 is 2.33 bits per heavy atom. The molecule has 0 bridgehead atoms. The van der Waals surface area contributed by atoms with Gasteiger partial charge >= 0.3 is 6.01 Å². The SMILES string of the molecule is Cc1cccc(C(=O)Nc2nnc(C3CCCN3)o2)c1Br. The Bertz CT molecular complexity index is 665. The lowest BCUT2D eigenvalue weighted by atomic mass is 10.1. The average Bonchev–Trinajstić information content (AvgIpc) is 3.12. The first-order valence-electron chi connectivity index (χ1n) is 6.78. The summed E-state index contributed by atoms with van der Waals surface area (Å²) < 4.78 is 6.26. The van der Waals surface area contributed by atoms with Gasteiger partial charge in [0, 0.05) is 4.47 Å². The molecule has 7 heteroatoms. The van der Waals surface area contributed by atoms with Gasteiger partial charge in [0.2, 0.25) is 5.89 Å². The molecule has 6 nitrogen and oxygen atoms in total. The highest BCUT2D eigenvalue weighted by atomic mass is 79.9. The number of carbonyl (C=O) groups is 1. The second-order valence-electron chi connectivity index (χ2n) is 4.98. The standard InChI is InChI=1S/C14H15BrN4O2/c1-8-4-2-5-9(11(8)15)12(20)17-14-19-18-13(21-14)10-6-3-7-16-10/h2,4-5,10,16H,3,6-7H2,1H3,(H,17,19,20). The van der Waals surface area contributed by atoms with E-state index in [1.165, 1.54) is 0 Å². The number of nitrogens with one attached hydrogen (secondary N) is 2. The van der Waals surface area contributed by atoms with E-state index in [0.717, 1.165) is 29.4 Å². The minimum absolute atomic E-state index is 0.0915. The maximum atomic E-state index is 12.2. The predicted octanol–water partition coefficient (Wildman–Crippen LogP) is 2.82. The first kappa shape index (κ1) is 14.2. The van der Waals surface area contributed by atoms with E-state index >= 15 is 0 Å². The van der Waals surface area contributed by atoms with Crippen molar-refractivity contribution in [3.8, 4) is 0 Å². The molecule has 1 atom stereocenters. The fourth-order valence-electron chi connectivity index (χ4n) is 2.31. The Morgan fingerprint density at radius 3 is 3.10 bits per heavy atom. The maximum Gasteiger partial charge on any atom is 0.322 e. The molecule has 3 rings (SSSR count). The quantitative estimate of drug-likeness (QED) is 0.889. The van der Waals surface area contributed by atoms with E-state index in [0.29, 0.717) is 11.5 Å². The van der Waals surface area contributed by atoms with Crippen molar-refractivity contribution in [3.63, 3.8) is 0 Å². The van der Waals surface area contributed by atoms with Crippen LogP contribution in [0.15, 0.2) is 27.1 Å². The molecule has 1 unspecified atom stereocenters. The number of nitrogens with zero attached hydrogens (tertiary/aromatic N) is 2. The topological polar surface area (TPSA) is 80.0 Å². The van der Waals surface area contributed by atoms with E-state index in [2.05, 4.69) is 36.8 Å². The molecule has 110 valence electrons. The Labute approximate surface area is 130 Å². The van der Waals surface area contributed by atoms with E-state index in [4.69, 9.17) is 4.42 Å². The summed E-state index contributed by atoms with van der Waals surface area (Å²) in [7, 11) is 0. The summed E-state index contributed by atoms with van der Waals surface area (Å²) >= 11 is 3.42. The molecule has 1 aliphatic heterocycles. The van der Waals surface area contributed by atoms with Gasteiger partial charge in [-0.3, -0.25) is 10.1 Å². The van der Waals surface area contributed by atoms with E-state index in [1.807, 2.05) is 19.1 Å². The largest absolute Gasteiger partial charge is 0.406 e. The lowest BCUT2D eigenvalue weighted by Crippen LogP contribution is -2.13. The van der Waals surface area contributed by atoms with Crippen molar-refractivity contribution in [2.24, 2.45) is 0 Å². The highest BCUT2D eigenvalue weighted by Crippen LogP contribution is 2.24. The van der Waals surface area contributed by atoms with Gasteiger partial charge < -0.3 is 9.73 Å². The van der Waals surface area contributed by atoms with Gasteiger partial charge in [0.05, 0.1) is 11.6 Å². The summed E-state index contributed by atoms with van der Waals surface area (Å²) in [5, 5.41) is 13.8. The zero-order valence-corrected chi connectivity index (χ0v) is 13.1. The van der Waals surface area contributed by atoms with Crippen LogP contribution in [0.3, 0.4) is 0 Å². The number of carbonyl (C=O) groups excluding carboxylic acids is 1. The summed E-state index contributed by atoms with van der Waals surface area (Å²) in [6.07, 6.45) is 2.06. The third kappa shape index (κ3) is 2.98. The third-order valence-electron chi connectivity index (χ3n) is 3.46. The molecule has 2 N–H and O–H groups in total. The summed E-state index contributed by atoms with van der Waals surface area (Å²) in [4.78, 5) is 12.2. The van der Waals surface area contributed by atoms with Gasteiger partial charge in [-0.1, -0.05) is 17.2 Å². The number of hydrogen-bond donors (Lipinski definition) is 2. The third-order valence-corrected chi connectivity index (χ3v) is 4.51. The maximum absolute atomic E-state index is 12.2. The Morgan fingerprint density at radius 1 is 1.48 bits per heavy atom. The first-order valence-corrected chi connectivity index (χ1v) is 7.57. The molecular formula is C14H15BrN4O2. The van der Waals surface area contributed by atoms with Crippen molar-refractivity contribution < 1.29 is 9.21 Å². The summed E-state index contributed by atoms with van der Waals surface area (Å²) in [5.41, 5.74) is 1.53. The first-order chi connectivity index (χ1) is 10.1. The van der Waals surface area contributed by atoms with Crippen molar-refractivity contribution in [3.05, 3.63) is 39.7 Å². The van der Waals surface area contributed by atoms with E-state index in [9.17, 15) is 4.79 Å². The lowest BCUT2D eigenvalue weighted by Gasteiger charge is -2.06. The van der Waals surface area contributed by atoms with Gasteiger partial charge in [-0.05, 0) is 53.9 Å². The predicted molar refractivity (Wildman–Crippen MR) is 81.1 cm³/mol. The van der Waals surface area contributed by atoms with Crippen LogP contribution in [-0.2, 0) is 0 Å². The van der Waals surface area contributed by atoms with Gasteiger partial charge in [-0.2, -0.15) is 0 Å². The van der Waals surface area contributed by atoms with Crippen LogP contribution in [0.25, 0.3) is 0 Å². The van der Waals surface area contributed by atoms with Crippen molar-refractivity contribution in [1.82, 2.24) is 15.5 Å². The van der Waals surface area contributed by atoms with Gasteiger partial charge in [-0.25, -0.2) is 0 Å². The molecule has 0 radical (unpaired) electrons. The van der Waals surface area contributed by atoms with Crippen LogP contribution in [0.2, 0.25) is 0 Å². The second kappa shape index (κ2) is 5.95. The molecule has 1 aromatic heterocycles. The van der Waals surface area contributed by atoms with Crippen LogP contribution >= 0.6 is 15.9 Å².